The summed E-state index contributed by atoms with van der Waals surface area (Å²) < 4.78 is 9.37. The maximum Gasteiger partial charge on any atom is 0.329 e. The lowest BCUT2D eigenvalue weighted by Crippen LogP contribution is -2.47. The van der Waals surface area contributed by atoms with E-state index < -0.39 is 12.0 Å². The maximum absolute atomic E-state index is 11.4. The average molecular weight is 289 g/mol. The predicted octanol–water partition coefficient (Wildman–Crippen LogP) is -1.59. The molecule has 0 aliphatic carbocycles. The van der Waals surface area contributed by atoms with E-state index in [4.69, 9.17) is 4.74 Å². The Bertz CT molecular complexity index is 322. The second kappa shape index (κ2) is 11.2. The summed E-state index contributed by atoms with van der Waals surface area (Å²) in [6.07, 6.45) is 0.275. The van der Waals surface area contributed by atoms with E-state index in [1.165, 1.54) is 14.0 Å². The molecule has 0 radical (unpaired) electrons. The molecule has 8 nitrogen and oxygen atoms in total. The third-order valence-corrected chi connectivity index (χ3v) is 2.37. The third kappa shape index (κ3) is 9.29. The summed E-state index contributed by atoms with van der Waals surface area (Å²) in [5.41, 5.74) is 0. The Balaban J connectivity index is 3.85. The Kier molecular flexibility index (Phi) is 10.2. The van der Waals surface area contributed by atoms with Crippen molar-refractivity contribution >= 4 is 17.8 Å². The number of ether oxygens (including phenoxy) is 2. The molecule has 0 spiro atoms. The first-order valence-corrected chi connectivity index (χ1v) is 6.32. The van der Waals surface area contributed by atoms with Gasteiger partial charge in [0.25, 0.3) is 0 Å². The molecule has 0 aliphatic rings. The first-order valence-electron chi connectivity index (χ1n) is 6.32. The molecule has 0 aromatic carbocycles. The number of methoxy groups -OCH3 is 2. The van der Waals surface area contributed by atoms with Crippen LogP contribution in [0.5, 0.6) is 0 Å². The number of hydrogen-bond acceptors (Lipinski definition) is 6. The quantitative estimate of drug-likeness (QED) is 0.331. The number of nitrogens with one attached hydrogen (secondary N) is 3. The van der Waals surface area contributed by atoms with Gasteiger partial charge in [0.1, 0.15) is 6.04 Å². The van der Waals surface area contributed by atoms with E-state index in [-0.39, 0.29) is 24.8 Å². The lowest BCUT2D eigenvalue weighted by atomic mass is 10.2. The Morgan fingerprint density at radius 2 is 1.85 bits per heavy atom. The molecule has 0 aromatic heterocycles. The SMILES string of the molecule is COCCNC(=O)CCNCC(NC(C)=O)C(=O)OC. The average Bonchev–Trinajstić information content (AvgIpc) is 2.41. The van der Waals surface area contributed by atoms with E-state index in [0.717, 1.165) is 0 Å². The van der Waals surface area contributed by atoms with Gasteiger partial charge in [0.05, 0.1) is 13.7 Å². The molecule has 1 atom stereocenters. The zero-order valence-corrected chi connectivity index (χ0v) is 12.2. The fourth-order valence-electron chi connectivity index (χ4n) is 1.41. The molecule has 0 aromatic rings. The largest absolute Gasteiger partial charge is 0.467 e. The molecular formula is C12H23N3O5. The molecule has 0 fully saturated rings. The molecular weight excluding hydrogens is 266 g/mol. The minimum atomic E-state index is -0.756. The highest BCUT2D eigenvalue weighted by Crippen LogP contribution is 1.88. The summed E-state index contributed by atoms with van der Waals surface area (Å²) in [5.74, 6) is -0.958. The highest BCUT2D eigenvalue weighted by Gasteiger charge is 2.19. The van der Waals surface area contributed by atoms with E-state index in [1.54, 1.807) is 7.11 Å². The van der Waals surface area contributed by atoms with Crippen LogP contribution in [0.2, 0.25) is 0 Å². The fraction of sp³-hybridized carbons (Fsp3) is 0.750. The van der Waals surface area contributed by atoms with Gasteiger partial charge in [0.2, 0.25) is 11.8 Å². The molecule has 20 heavy (non-hydrogen) atoms. The van der Waals surface area contributed by atoms with Gasteiger partial charge in [-0.3, -0.25) is 9.59 Å². The molecule has 1 unspecified atom stereocenters. The smallest absolute Gasteiger partial charge is 0.329 e. The van der Waals surface area contributed by atoms with E-state index in [0.29, 0.717) is 19.7 Å². The van der Waals surface area contributed by atoms with Crippen molar-refractivity contribution in [3.05, 3.63) is 0 Å². The summed E-state index contributed by atoms with van der Waals surface area (Å²) in [7, 11) is 2.81. The van der Waals surface area contributed by atoms with Crippen molar-refractivity contribution in [3.8, 4) is 0 Å². The summed E-state index contributed by atoms with van der Waals surface area (Å²) in [6.45, 7) is 2.85. The zero-order chi connectivity index (χ0) is 15.4. The van der Waals surface area contributed by atoms with Gasteiger partial charge in [0.15, 0.2) is 0 Å². The molecule has 0 saturated heterocycles. The molecule has 0 rings (SSSR count). The number of carbonyl (C=O) groups excluding carboxylic acids is 3. The Hall–Kier alpha value is -1.67. The topological polar surface area (TPSA) is 106 Å². The van der Waals surface area contributed by atoms with E-state index in [1.807, 2.05) is 0 Å². The van der Waals surface area contributed by atoms with Gasteiger partial charge in [-0.05, 0) is 0 Å². The van der Waals surface area contributed by atoms with Gasteiger partial charge in [-0.15, -0.1) is 0 Å². The summed E-state index contributed by atoms with van der Waals surface area (Å²) in [4.78, 5) is 33.7. The van der Waals surface area contributed by atoms with Crippen molar-refractivity contribution in [2.75, 3.05) is 40.5 Å². The number of hydrogen-bond donors (Lipinski definition) is 3. The Labute approximate surface area is 118 Å². The van der Waals surface area contributed by atoms with Crippen molar-refractivity contribution in [1.82, 2.24) is 16.0 Å². The van der Waals surface area contributed by atoms with Crippen LogP contribution in [0.1, 0.15) is 13.3 Å². The van der Waals surface area contributed by atoms with Crippen LogP contribution in [0.25, 0.3) is 0 Å². The van der Waals surface area contributed by atoms with Gasteiger partial charge in [-0.1, -0.05) is 0 Å². The van der Waals surface area contributed by atoms with Crippen molar-refractivity contribution in [2.24, 2.45) is 0 Å². The lowest BCUT2D eigenvalue weighted by Gasteiger charge is -2.16. The number of carbonyl (C=O) groups is 3. The summed E-state index contributed by atoms with van der Waals surface area (Å²) in [5, 5.41) is 8.06. The molecule has 3 N–H and O–H groups in total. The van der Waals surface area contributed by atoms with Gasteiger partial charge in [0, 0.05) is 40.1 Å². The molecule has 8 heteroatoms. The van der Waals surface area contributed by atoms with Gasteiger partial charge < -0.3 is 25.4 Å². The van der Waals surface area contributed by atoms with Crippen LogP contribution in [-0.4, -0.2) is 64.3 Å². The van der Waals surface area contributed by atoms with Crippen molar-refractivity contribution in [3.63, 3.8) is 0 Å². The number of amides is 2. The predicted molar refractivity (Wildman–Crippen MR) is 72.0 cm³/mol. The molecule has 0 heterocycles. The zero-order valence-electron chi connectivity index (χ0n) is 12.2. The highest BCUT2D eigenvalue weighted by molar-refractivity contribution is 5.83. The molecule has 0 bridgehead atoms. The Morgan fingerprint density at radius 3 is 2.40 bits per heavy atom. The lowest BCUT2D eigenvalue weighted by molar-refractivity contribution is -0.144. The second-order valence-corrected chi connectivity index (χ2v) is 4.07. The van der Waals surface area contributed by atoms with Crippen LogP contribution in [0.15, 0.2) is 0 Å². The van der Waals surface area contributed by atoms with Crippen molar-refractivity contribution in [1.29, 1.82) is 0 Å². The van der Waals surface area contributed by atoms with Crippen molar-refractivity contribution < 1.29 is 23.9 Å². The minimum Gasteiger partial charge on any atom is -0.467 e. The third-order valence-electron chi connectivity index (χ3n) is 2.37. The number of rotatable bonds is 10. The normalized spacial score (nSPS) is 11.6. The van der Waals surface area contributed by atoms with Crippen LogP contribution in [0.4, 0.5) is 0 Å². The van der Waals surface area contributed by atoms with E-state index in [2.05, 4.69) is 20.7 Å². The highest BCUT2D eigenvalue weighted by atomic mass is 16.5. The molecule has 0 aliphatic heterocycles. The summed E-state index contributed by atoms with van der Waals surface area (Å²) in [6, 6.07) is -0.756. The van der Waals surface area contributed by atoms with E-state index in [9.17, 15) is 14.4 Å². The Morgan fingerprint density at radius 1 is 1.15 bits per heavy atom. The van der Waals surface area contributed by atoms with Crippen molar-refractivity contribution in [2.45, 2.75) is 19.4 Å². The van der Waals surface area contributed by atoms with Gasteiger partial charge in [-0.25, -0.2) is 4.79 Å². The standard InChI is InChI=1S/C12H23N3O5/c1-9(16)15-10(12(18)20-3)8-13-5-4-11(17)14-6-7-19-2/h10,13H,4-8H2,1-3H3,(H,14,17)(H,15,16). The van der Waals surface area contributed by atoms with Crippen LogP contribution >= 0.6 is 0 Å². The molecule has 0 saturated carbocycles. The fourth-order valence-corrected chi connectivity index (χ4v) is 1.41. The monoisotopic (exact) mass is 289 g/mol. The van der Waals surface area contributed by atoms with Crippen LogP contribution in [0.3, 0.4) is 0 Å². The molecule has 2 amide bonds. The minimum absolute atomic E-state index is 0.108. The summed E-state index contributed by atoms with van der Waals surface area (Å²) >= 11 is 0. The van der Waals surface area contributed by atoms with Crippen LogP contribution < -0.4 is 16.0 Å². The second-order valence-electron chi connectivity index (χ2n) is 4.07. The van der Waals surface area contributed by atoms with E-state index >= 15 is 0 Å². The first kappa shape index (κ1) is 18.3. The van der Waals surface area contributed by atoms with Gasteiger partial charge in [-0.2, -0.15) is 0 Å². The maximum atomic E-state index is 11.4. The van der Waals surface area contributed by atoms with Crippen LogP contribution in [0, 0.1) is 0 Å². The molecule has 116 valence electrons. The van der Waals surface area contributed by atoms with Crippen LogP contribution in [-0.2, 0) is 23.9 Å². The number of esters is 1. The van der Waals surface area contributed by atoms with Gasteiger partial charge >= 0.3 is 5.97 Å². The first-order chi connectivity index (χ1) is 9.51.